The maximum absolute atomic E-state index is 10.7. The summed E-state index contributed by atoms with van der Waals surface area (Å²) in [6.07, 6.45) is 6.70. The van der Waals surface area contributed by atoms with Crippen LogP contribution < -0.4 is 0 Å². The molecule has 0 saturated heterocycles. The van der Waals surface area contributed by atoms with Crippen LogP contribution >= 0.6 is 0 Å². The minimum atomic E-state index is -0.759. The highest BCUT2D eigenvalue weighted by molar-refractivity contribution is 5.66. The second-order valence-corrected chi connectivity index (χ2v) is 5.13. The van der Waals surface area contributed by atoms with E-state index in [1.807, 2.05) is 0 Å². The molecule has 19 heavy (non-hydrogen) atoms. The fourth-order valence-electron chi connectivity index (χ4n) is 2.33. The molecule has 0 aliphatic rings. The van der Waals surface area contributed by atoms with Gasteiger partial charge in [-0.15, -0.1) is 0 Å². The number of quaternary nitrogens is 1. The van der Waals surface area contributed by atoms with Gasteiger partial charge in [0, 0.05) is 0 Å². The molecule has 0 spiro atoms. The summed E-state index contributed by atoms with van der Waals surface area (Å²) in [5, 5.41) is 18.9. The largest absolute Gasteiger partial charge is 0.481 e. The third-order valence-electron chi connectivity index (χ3n) is 3.81. The third-order valence-corrected chi connectivity index (χ3v) is 3.81. The number of hydrogen-bond donors (Lipinski definition) is 2. The number of rotatable bonds is 11. The number of aliphatic carboxylic acids is 1. The van der Waals surface area contributed by atoms with Crippen LogP contribution in [0.2, 0.25) is 0 Å². The molecule has 2 N–H and O–H groups in total. The fourth-order valence-corrected chi connectivity index (χ4v) is 2.33. The monoisotopic (exact) mass is 272 g/mol. The molecule has 0 amide bonds. The summed E-state index contributed by atoms with van der Waals surface area (Å²) < 4.78 is 0.685. The second-order valence-electron chi connectivity index (χ2n) is 5.13. The van der Waals surface area contributed by atoms with Gasteiger partial charge in [0.1, 0.15) is 12.6 Å². The van der Waals surface area contributed by atoms with Crippen LogP contribution in [0.5, 0.6) is 0 Å². The predicted octanol–water partition coefficient (Wildman–Crippen LogP) is 2.42. The van der Waals surface area contributed by atoms with Crippen molar-refractivity contribution in [3.63, 3.8) is 0 Å². The van der Waals surface area contributed by atoms with E-state index in [4.69, 9.17) is 5.11 Å². The Bertz CT molecular complexity index is 273. The zero-order valence-electron chi connectivity index (χ0n) is 12.6. The molecule has 0 aliphatic carbocycles. The van der Waals surface area contributed by atoms with Crippen LogP contribution in [-0.2, 0) is 4.79 Å². The minimum absolute atomic E-state index is 0.171. The number of carbonyl (C=O) groups is 1. The maximum atomic E-state index is 10.7. The van der Waals surface area contributed by atoms with Gasteiger partial charge in [-0.3, -0.25) is 4.79 Å². The van der Waals surface area contributed by atoms with Crippen LogP contribution in [0.3, 0.4) is 0 Å². The number of aliphatic hydroxyl groups is 1. The molecule has 0 radical (unpaired) electrons. The third kappa shape index (κ3) is 8.01. The van der Waals surface area contributed by atoms with E-state index in [0.29, 0.717) is 17.6 Å². The average molecular weight is 272 g/mol. The molecule has 0 heterocycles. The summed E-state index contributed by atoms with van der Waals surface area (Å²) in [7, 11) is 0. The van der Waals surface area contributed by atoms with Crippen LogP contribution in [0.4, 0.5) is 0 Å². The van der Waals surface area contributed by atoms with Gasteiger partial charge in [0.05, 0.1) is 26.1 Å². The number of carboxylic acids is 1. The van der Waals surface area contributed by atoms with E-state index in [1.165, 1.54) is 0 Å². The number of carboxylic acid groups (broad SMARTS) is 1. The van der Waals surface area contributed by atoms with E-state index in [-0.39, 0.29) is 12.5 Å². The summed E-state index contributed by atoms with van der Waals surface area (Å²) in [6.45, 7) is 9.21. The molecule has 0 aromatic heterocycles. The molecule has 4 nitrogen and oxygen atoms in total. The molecule has 4 heteroatoms. The molecule has 0 rings (SSSR count). The Morgan fingerprint density at radius 2 is 1.84 bits per heavy atom. The lowest BCUT2D eigenvalue weighted by Gasteiger charge is -2.38. The number of allylic oxidation sites excluding steroid dienone is 2. The van der Waals surface area contributed by atoms with Gasteiger partial charge in [-0.2, -0.15) is 0 Å². The summed E-state index contributed by atoms with van der Waals surface area (Å²) >= 11 is 0. The predicted molar refractivity (Wildman–Crippen MR) is 78.0 cm³/mol. The lowest BCUT2D eigenvalue weighted by Crippen LogP contribution is -2.53. The van der Waals surface area contributed by atoms with Gasteiger partial charge >= 0.3 is 5.97 Å². The van der Waals surface area contributed by atoms with Crippen LogP contribution in [0.25, 0.3) is 0 Å². The molecule has 0 aromatic carbocycles. The molecule has 0 bridgehead atoms. The van der Waals surface area contributed by atoms with E-state index in [2.05, 4.69) is 32.9 Å². The van der Waals surface area contributed by atoms with Crippen LogP contribution in [0.15, 0.2) is 12.2 Å². The standard InChI is InChI=1S/C15H29NO3/c1-4-7-8-9-10-14(17)13-16(5-2,6-3)12-11-15(18)19/h7-8,14,17H,4-6,9-13H2,1-3H3/p+1/b8-7+. The van der Waals surface area contributed by atoms with Gasteiger partial charge < -0.3 is 14.7 Å². The van der Waals surface area contributed by atoms with Crippen molar-refractivity contribution in [2.24, 2.45) is 0 Å². The zero-order valence-corrected chi connectivity index (χ0v) is 12.6. The molecule has 0 aliphatic heterocycles. The van der Waals surface area contributed by atoms with Gasteiger partial charge in [0.2, 0.25) is 0 Å². The van der Waals surface area contributed by atoms with Crippen LogP contribution in [-0.4, -0.2) is 52.9 Å². The molecule has 0 aromatic rings. The normalized spacial score (nSPS) is 13.9. The van der Waals surface area contributed by atoms with E-state index >= 15 is 0 Å². The molecule has 0 saturated carbocycles. The number of likely N-dealkylation sites (N-methyl/N-ethyl adjacent to an activating group) is 1. The Morgan fingerprint density at radius 3 is 2.32 bits per heavy atom. The Kier molecular flexibility index (Phi) is 9.53. The van der Waals surface area contributed by atoms with Crippen molar-refractivity contribution in [2.45, 2.75) is 52.6 Å². The highest BCUT2D eigenvalue weighted by Crippen LogP contribution is 2.12. The van der Waals surface area contributed by atoms with Crippen LogP contribution in [0.1, 0.15) is 46.5 Å². The Labute approximate surface area is 117 Å². The molecule has 112 valence electrons. The summed E-state index contributed by atoms with van der Waals surface area (Å²) in [5.41, 5.74) is 0. The quantitative estimate of drug-likeness (QED) is 0.448. The Morgan fingerprint density at radius 1 is 1.21 bits per heavy atom. The number of aliphatic hydroxyl groups excluding tert-OH is 1. The lowest BCUT2D eigenvalue weighted by atomic mass is 10.1. The first kappa shape index (κ1) is 18.1. The molecule has 1 unspecified atom stereocenters. The van der Waals surface area contributed by atoms with E-state index in [0.717, 1.165) is 32.4 Å². The number of nitrogens with zero attached hydrogens (tertiary/aromatic N) is 1. The summed E-state index contributed by atoms with van der Waals surface area (Å²) in [5.74, 6) is -0.759. The first-order chi connectivity index (χ1) is 8.99. The Hall–Kier alpha value is -0.870. The highest BCUT2D eigenvalue weighted by Gasteiger charge is 2.27. The maximum Gasteiger partial charge on any atom is 0.309 e. The number of hydrogen-bond acceptors (Lipinski definition) is 2. The van der Waals surface area contributed by atoms with Gasteiger partial charge in [-0.1, -0.05) is 19.1 Å². The summed E-state index contributed by atoms with van der Waals surface area (Å²) in [4.78, 5) is 10.7. The Balaban J connectivity index is 4.30. The van der Waals surface area contributed by atoms with Crippen molar-refractivity contribution < 1.29 is 19.5 Å². The molecule has 0 fully saturated rings. The second kappa shape index (κ2) is 9.98. The van der Waals surface area contributed by atoms with Crippen molar-refractivity contribution in [1.29, 1.82) is 0 Å². The molecular weight excluding hydrogens is 242 g/mol. The minimum Gasteiger partial charge on any atom is -0.481 e. The SMILES string of the molecule is CC/C=C/CCC(O)C[N+](CC)(CC)CCC(=O)O. The van der Waals surface area contributed by atoms with E-state index in [9.17, 15) is 9.90 Å². The summed E-state index contributed by atoms with van der Waals surface area (Å²) in [6, 6.07) is 0. The van der Waals surface area contributed by atoms with E-state index in [1.54, 1.807) is 0 Å². The molecular formula is C15H30NO3+. The molecule has 1 atom stereocenters. The smallest absolute Gasteiger partial charge is 0.309 e. The lowest BCUT2D eigenvalue weighted by molar-refractivity contribution is -0.927. The van der Waals surface area contributed by atoms with E-state index < -0.39 is 5.97 Å². The van der Waals surface area contributed by atoms with Crippen molar-refractivity contribution in [3.05, 3.63) is 12.2 Å². The average Bonchev–Trinajstić information content (AvgIpc) is 2.39. The zero-order chi connectivity index (χ0) is 14.7. The first-order valence-electron chi connectivity index (χ1n) is 7.39. The van der Waals surface area contributed by atoms with Crippen molar-refractivity contribution in [2.75, 3.05) is 26.2 Å². The van der Waals surface area contributed by atoms with Gasteiger partial charge in [-0.25, -0.2) is 0 Å². The van der Waals surface area contributed by atoms with Gasteiger partial charge in [-0.05, 0) is 33.1 Å². The van der Waals surface area contributed by atoms with Gasteiger partial charge in [0.25, 0.3) is 0 Å². The first-order valence-corrected chi connectivity index (χ1v) is 7.39. The highest BCUT2D eigenvalue weighted by atomic mass is 16.4. The van der Waals surface area contributed by atoms with Crippen molar-refractivity contribution in [1.82, 2.24) is 0 Å². The van der Waals surface area contributed by atoms with Crippen molar-refractivity contribution >= 4 is 5.97 Å². The van der Waals surface area contributed by atoms with Crippen molar-refractivity contribution in [3.8, 4) is 0 Å². The van der Waals surface area contributed by atoms with Gasteiger partial charge in [0.15, 0.2) is 0 Å². The van der Waals surface area contributed by atoms with Crippen LogP contribution in [0, 0.1) is 0 Å². The topological polar surface area (TPSA) is 57.5 Å². The fraction of sp³-hybridized carbons (Fsp3) is 0.800.